The van der Waals surface area contributed by atoms with Crippen molar-refractivity contribution in [2.45, 2.75) is 58.3 Å². The Kier molecular flexibility index (Phi) is 3.83. The first-order valence-corrected chi connectivity index (χ1v) is 7.32. The van der Waals surface area contributed by atoms with Crippen molar-refractivity contribution in [1.82, 2.24) is 4.98 Å². The molecule has 1 unspecified atom stereocenters. The van der Waals surface area contributed by atoms with Crippen LogP contribution in [0.2, 0.25) is 0 Å². The van der Waals surface area contributed by atoms with Crippen molar-refractivity contribution in [3.05, 3.63) is 15.6 Å². The summed E-state index contributed by atoms with van der Waals surface area (Å²) < 4.78 is 0. The normalized spacial score (nSPS) is 18.5. The lowest BCUT2D eigenvalue weighted by atomic mass is 9.95. The molecule has 0 aliphatic heterocycles. The highest BCUT2D eigenvalue weighted by Crippen LogP contribution is 2.40. The number of aromatic nitrogens is 1. The van der Waals surface area contributed by atoms with E-state index in [1.165, 1.54) is 35.6 Å². The van der Waals surface area contributed by atoms with E-state index in [9.17, 15) is 5.26 Å². The van der Waals surface area contributed by atoms with E-state index in [0.717, 1.165) is 5.69 Å². The fourth-order valence-corrected chi connectivity index (χ4v) is 4.03. The molecular formula is C14H20N2S. The highest BCUT2D eigenvalue weighted by Gasteiger charge is 2.25. The highest BCUT2D eigenvalue weighted by atomic mass is 32.1. The van der Waals surface area contributed by atoms with Crippen LogP contribution in [0.4, 0.5) is 0 Å². The Morgan fingerprint density at radius 1 is 1.35 bits per heavy atom. The van der Waals surface area contributed by atoms with Gasteiger partial charge in [-0.15, -0.1) is 11.3 Å². The van der Waals surface area contributed by atoms with Gasteiger partial charge in [0.25, 0.3) is 0 Å². The fraction of sp³-hybridized carbons (Fsp3) is 0.714. The van der Waals surface area contributed by atoms with Crippen LogP contribution >= 0.6 is 11.3 Å². The molecular weight excluding hydrogens is 228 g/mol. The molecule has 1 aromatic rings. The van der Waals surface area contributed by atoms with Crippen LogP contribution in [-0.4, -0.2) is 4.98 Å². The van der Waals surface area contributed by atoms with E-state index in [2.05, 4.69) is 26.8 Å². The number of rotatable bonds is 3. The van der Waals surface area contributed by atoms with Crippen LogP contribution in [-0.2, 0) is 0 Å². The molecule has 1 aliphatic rings. The number of hydrogen-bond acceptors (Lipinski definition) is 3. The molecule has 1 aliphatic carbocycles. The van der Waals surface area contributed by atoms with Crippen molar-refractivity contribution in [3.63, 3.8) is 0 Å². The van der Waals surface area contributed by atoms with Crippen LogP contribution in [0.1, 0.15) is 66.9 Å². The number of aryl methyl sites for hydroxylation is 1. The van der Waals surface area contributed by atoms with Gasteiger partial charge in [0, 0.05) is 10.8 Å². The van der Waals surface area contributed by atoms with E-state index in [1.54, 1.807) is 11.3 Å². The Balaban J connectivity index is 2.26. The first kappa shape index (κ1) is 12.6. The molecule has 0 amide bonds. The predicted molar refractivity (Wildman–Crippen MR) is 71.3 cm³/mol. The quantitative estimate of drug-likeness (QED) is 0.796. The zero-order valence-electron chi connectivity index (χ0n) is 10.9. The van der Waals surface area contributed by atoms with Gasteiger partial charge in [0.05, 0.1) is 22.7 Å². The van der Waals surface area contributed by atoms with Gasteiger partial charge in [-0.1, -0.05) is 26.7 Å². The molecule has 0 spiro atoms. The first-order valence-electron chi connectivity index (χ1n) is 6.50. The van der Waals surface area contributed by atoms with Crippen molar-refractivity contribution in [2.24, 2.45) is 5.92 Å². The monoisotopic (exact) mass is 248 g/mol. The zero-order valence-corrected chi connectivity index (χ0v) is 11.7. The molecule has 1 aromatic heterocycles. The summed E-state index contributed by atoms with van der Waals surface area (Å²) in [5, 5.41) is 10.6. The van der Waals surface area contributed by atoms with Crippen LogP contribution in [0.3, 0.4) is 0 Å². The van der Waals surface area contributed by atoms with Crippen LogP contribution in [0.15, 0.2) is 0 Å². The average molecular weight is 248 g/mol. The van der Waals surface area contributed by atoms with E-state index in [4.69, 9.17) is 4.98 Å². The van der Waals surface area contributed by atoms with Crippen molar-refractivity contribution >= 4 is 11.3 Å². The summed E-state index contributed by atoms with van der Waals surface area (Å²) in [7, 11) is 0. The maximum atomic E-state index is 9.28. The van der Waals surface area contributed by atoms with Gasteiger partial charge in [0.2, 0.25) is 0 Å². The van der Waals surface area contributed by atoms with Crippen LogP contribution in [0.5, 0.6) is 0 Å². The summed E-state index contributed by atoms with van der Waals surface area (Å²) in [4.78, 5) is 5.91. The minimum atomic E-state index is 0.0163. The smallest absolute Gasteiger partial charge is 0.0962 e. The molecule has 92 valence electrons. The van der Waals surface area contributed by atoms with Gasteiger partial charge in [-0.05, 0) is 25.7 Å². The van der Waals surface area contributed by atoms with Crippen molar-refractivity contribution in [2.75, 3.05) is 0 Å². The molecule has 1 saturated carbocycles. The minimum absolute atomic E-state index is 0.0163. The van der Waals surface area contributed by atoms with E-state index in [1.807, 2.05) is 0 Å². The molecule has 1 atom stereocenters. The number of thiazole rings is 1. The Morgan fingerprint density at radius 2 is 2.00 bits per heavy atom. The SMILES string of the molecule is Cc1nc(C2CCCC2)sc1C(C#N)C(C)C. The highest BCUT2D eigenvalue weighted by molar-refractivity contribution is 7.12. The van der Waals surface area contributed by atoms with Crippen LogP contribution in [0.25, 0.3) is 0 Å². The molecule has 0 saturated heterocycles. The lowest BCUT2D eigenvalue weighted by molar-refractivity contribution is 0.591. The largest absolute Gasteiger partial charge is 0.246 e. The van der Waals surface area contributed by atoms with Gasteiger partial charge < -0.3 is 0 Å². The Bertz CT molecular complexity index is 422. The summed E-state index contributed by atoms with van der Waals surface area (Å²) in [6.07, 6.45) is 5.24. The third-order valence-corrected chi connectivity index (χ3v) is 5.04. The van der Waals surface area contributed by atoms with Crippen molar-refractivity contribution in [1.29, 1.82) is 5.26 Å². The minimum Gasteiger partial charge on any atom is -0.246 e. The lowest BCUT2D eigenvalue weighted by Crippen LogP contribution is -2.03. The topological polar surface area (TPSA) is 36.7 Å². The number of nitrogens with zero attached hydrogens (tertiary/aromatic N) is 2. The Morgan fingerprint density at radius 3 is 2.53 bits per heavy atom. The Hall–Kier alpha value is -0.880. The molecule has 0 aromatic carbocycles. The van der Waals surface area contributed by atoms with Gasteiger partial charge in [0.1, 0.15) is 0 Å². The molecule has 0 radical (unpaired) electrons. The van der Waals surface area contributed by atoms with Crippen LogP contribution < -0.4 is 0 Å². The molecule has 3 heteroatoms. The second kappa shape index (κ2) is 5.18. The molecule has 17 heavy (non-hydrogen) atoms. The summed E-state index contributed by atoms with van der Waals surface area (Å²) >= 11 is 1.78. The van der Waals surface area contributed by atoms with Gasteiger partial charge in [-0.25, -0.2) is 4.98 Å². The lowest BCUT2D eigenvalue weighted by Gasteiger charge is -2.10. The standard InChI is InChI=1S/C14H20N2S/c1-9(2)12(8-15)13-10(3)16-14(17-13)11-6-4-5-7-11/h9,11-12H,4-7H2,1-3H3. The van der Waals surface area contributed by atoms with Crippen molar-refractivity contribution < 1.29 is 0 Å². The molecule has 2 nitrogen and oxygen atoms in total. The average Bonchev–Trinajstić information content (AvgIpc) is 2.89. The third-order valence-electron chi connectivity index (χ3n) is 3.64. The maximum Gasteiger partial charge on any atom is 0.0962 e. The van der Waals surface area contributed by atoms with Gasteiger partial charge >= 0.3 is 0 Å². The molecule has 1 heterocycles. The predicted octanol–water partition coefficient (Wildman–Crippen LogP) is 4.37. The molecule has 0 N–H and O–H groups in total. The number of nitriles is 1. The summed E-state index contributed by atoms with van der Waals surface area (Å²) in [5.74, 6) is 1.05. The summed E-state index contributed by atoms with van der Waals surface area (Å²) in [6.45, 7) is 6.28. The van der Waals surface area contributed by atoms with Gasteiger partial charge in [0.15, 0.2) is 0 Å². The maximum absolute atomic E-state index is 9.28. The van der Waals surface area contributed by atoms with Gasteiger partial charge in [-0.3, -0.25) is 0 Å². The van der Waals surface area contributed by atoms with E-state index in [0.29, 0.717) is 11.8 Å². The summed E-state index contributed by atoms with van der Waals surface area (Å²) in [5.41, 5.74) is 1.08. The second-order valence-electron chi connectivity index (χ2n) is 5.33. The zero-order chi connectivity index (χ0) is 12.4. The molecule has 2 rings (SSSR count). The number of hydrogen-bond donors (Lipinski definition) is 0. The molecule has 0 bridgehead atoms. The second-order valence-corrected chi connectivity index (χ2v) is 6.40. The summed E-state index contributed by atoms with van der Waals surface area (Å²) in [6, 6.07) is 2.43. The first-order chi connectivity index (χ1) is 8.13. The van der Waals surface area contributed by atoms with E-state index >= 15 is 0 Å². The fourth-order valence-electron chi connectivity index (χ4n) is 2.58. The van der Waals surface area contributed by atoms with Crippen molar-refractivity contribution in [3.8, 4) is 6.07 Å². The third kappa shape index (κ3) is 2.52. The Labute approximate surface area is 108 Å². The van der Waals surface area contributed by atoms with E-state index < -0.39 is 0 Å². The van der Waals surface area contributed by atoms with Gasteiger partial charge in [-0.2, -0.15) is 5.26 Å². The molecule has 1 fully saturated rings. The van der Waals surface area contributed by atoms with E-state index in [-0.39, 0.29) is 5.92 Å². The van der Waals surface area contributed by atoms with Crippen LogP contribution in [0, 0.1) is 24.2 Å².